The quantitative estimate of drug-likeness (QED) is 0.800. The largest absolute Gasteiger partial charge is 0.354 e. The Morgan fingerprint density at radius 3 is 3.18 bits per heavy atom. The van der Waals surface area contributed by atoms with Gasteiger partial charge in [0, 0.05) is 0 Å². The Bertz CT molecular complexity index is 840. The molecular formula is C16H15N4O2. The van der Waals surface area contributed by atoms with Crippen molar-refractivity contribution in [2.24, 2.45) is 0 Å². The molecule has 22 heavy (non-hydrogen) atoms. The minimum Gasteiger partial charge on any atom is -0.354 e. The van der Waals surface area contributed by atoms with Crippen molar-refractivity contribution in [3.05, 3.63) is 58.9 Å². The van der Waals surface area contributed by atoms with Crippen LogP contribution in [0.2, 0.25) is 0 Å². The number of imidazole rings is 1. The molecule has 6 heteroatoms. The minimum absolute atomic E-state index is 0.100. The molecule has 4 rings (SSSR count). The number of hydrogen-bond donors (Lipinski definition) is 1. The van der Waals surface area contributed by atoms with E-state index in [-0.39, 0.29) is 17.9 Å². The van der Waals surface area contributed by atoms with Crippen molar-refractivity contribution in [1.29, 1.82) is 0 Å². The van der Waals surface area contributed by atoms with Crippen LogP contribution in [-0.4, -0.2) is 25.6 Å². The Hall–Kier alpha value is -2.47. The monoisotopic (exact) mass is 295 g/mol. The summed E-state index contributed by atoms with van der Waals surface area (Å²) in [7, 11) is 0. The second kappa shape index (κ2) is 5.38. The van der Waals surface area contributed by atoms with Crippen LogP contribution < -0.4 is 5.56 Å². The molecule has 1 fully saturated rings. The van der Waals surface area contributed by atoms with E-state index in [0.717, 1.165) is 24.8 Å². The van der Waals surface area contributed by atoms with Crippen LogP contribution in [-0.2, 0) is 11.2 Å². The molecule has 0 unspecified atom stereocenters. The number of ether oxygens (including phenoxy) is 1. The zero-order chi connectivity index (χ0) is 14.9. The Balaban J connectivity index is 1.55. The van der Waals surface area contributed by atoms with Gasteiger partial charge in [0.05, 0.1) is 18.8 Å². The summed E-state index contributed by atoms with van der Waals surface area (Å²) in [6.45, 7) is 0. The molecule has 0 aliphatic carbocycles. The highest BCUT2D eigenvalue weighted by Crippen LogP contribution is 2.31. The van der Waals surface area contributed by atoms with Crippen LogP contribution in [0.5, 0.6) is 0 Å². The fraction of sp³-hybridized carbons (Fsp3) is 0.312. The summed E-state index contributed by atoms with van der Waals surface area (Å²) in [5, 5.41) is 0. The van der Waals surface area contributed by atoms with Gasteiger partial charge in [0.1, 0.15) is 11.9 Å². The topological polar surface area (TPSA) is 72.8 Å². The van der Waals surface area contributed by atoms with Gasteiger partial charge in [-0.25, -0.2) is 4.98 Å². The van der Waals surface area contributed by atoms with Gasteiger partial charge < -0.3 is 9.72 Å². The normalized spacial score (nSPS) is 21.5. The van der Waals surface area contributed by atoms with Gasteiger partial charge in [0.15, 0.2) is 5.52 Å². The smallest absolute Gasteiger partial charge is 0.300 e. The van der Waals surface area contributed by atoms with Crippen LogP contribution in [0.1, 0.15) is 24.6 Å². The van der Waals surface area contributed by atoms with Crippen LogP contribution in [0, 0.1) is 6.07 Å². The number of fused-ring (bicyclic) bond motifs is 1. The third-order valence-electron chi connectivity index (χ3n) is 4.00. The Morgan fingerprint density at radius 2 is 2.32 bits per heavy atom. The fourth-order valence-electron chi connectivity index (χ4n) is 2.94. The van der Waals surface area contributed by atoms with Crippen molar-refractivity contribution < 1.29 is 4.74 Å². The van der Waals surface area contributed by atoms with Crippen molar-refractivity contribution in [1.82, 2.24) is 19.5 Å². The number of benzene rings is 1. The average molecular weight is 295 g/mol. The van der Waals surface area contributed by atoms with Gasteiger partial charge in [-0.3, -0.25) is 9.36 Å². The first-order valence-electron chi connectivity index (χ1n) is 7.32. The summed E-state index contributed by atoms with van der Waals surface area (Å²) in [5.74, 6) is 0. The second-order valence-corrected chi connectivity index (χ2v) is 5.44. The number of nitrogens with one attached hydrogen (secondary N) is 1. The summed E-state index contributed by atoms with van der Waals surface area (Å²) in [6, 6.07) is 11.2. The third-order valence-corrected chi connectivity index (χ3v) is 4.00. The average Bonchev–Trinajstić information content (AvgIpc) is 3.15. The molecule has 0 bridgehead atoms. The molecule has 0 spiro atoms. The molecule has 3 heterocycles. The van der Waals surface area contributed by atoms with Crippen LogP contribution >= 0.6 is 0 Å². The van der Waals surface area contributed by atoms with Crippen molar-refractivity contribution in [3.63, 3.8) is 0 Å². The molecule has 1 aliphatic rings. The SMILES string of the molecule is O=c1nc[nH]c2c1ncn2[C@H]1CC[C@@H](Cc2[c]cccc2)O1. The van der Waals surface area contributed by atoms with Crippen molar-refractivity contribution in [3.8, 4) is 0 Å². The molecule has 1 saturated heterocycles. The molecule has 1 aliphatic heterocycles. The lowest BCUT2D eigenvalue weighted by Gasteiger charge is -2.15. The summed E-state index contributed by atoms with van der Waals surface area (Å²) in [4.78, 5) is 22.5. The van der Waals surface area contributed by atoms with E-state index >= 15 is 0 Å². The van der Waals surface area contributed by atoms with E-state index in [4.69, 9.17) is 4.74 Å². The Labute approximate surface area is 126 Å². The molecule has 1 aromatic carbocycles. The van der Waals surface area contributed by atoms with Crippen LogP contribution in [0.25, 0.3) is 11.2 Å². The summed E-state index contributed by atoms with van der Waals surface area (Å²) in [6.07, 6.45) is 5.82. The van der Waals surface area contributed by atoms with Gasteiger partial charge in [-0.15, -0.1) is 0 Å². The Morgan fingerprint density at radius 1 is 1.36 bits per heavy atom. The van der Waals surface area contributed by atoms with E-state index in [1.54, 1.807) is 6.33 Å². The second-order valence-electron chi connectivity index (χ2n) is 5.44. The van der Waals surface area contributed by atoms with E-state index in [2.05, 4.69) is 27.1 Å². The minimum atomic E-state index is -0.319. The van der Waals surface area contributed by atoms with E-state index < -0.39 is 0 Å². The molecule has 1 radical (unpaired) electrons. The van der Waals surface area contributed by atoms with Gasteiger partial charge in [-0.2, -0.15) is 4.98 Å². The lowest BCUT2D eigenvalue weighted by Crippen LogP contribution is -2.14. The van der Waals surface area contributed by atoms with Crippen molar-refractivity contribution >= 4 is 11.2 Å². The van der Waals surface area contributed by atoms with Crippen LogP contribution in [0.3, 0.4) is 0 Å². The standard InChI is InChI=1S/C16H15N4O2/c21-16-14-15(17-9-18-16)20(10-19-14)13-7-6-12(22-13)8-11-4-2-1-3-5-11/h1-4,9-10,12-13H,6-8H2,(H,17,18,21)/t12-,13+/m0/s1. The molecule has 111 valence electrons. The predicted molar refractivity (Wildman–Crippen MR) is 80.3 cm³/mol. The number of hydrogen-bond acceptors (Lipinski definition) is 4. The third kappa shape index (κ3) is 2.31. The molecule has 0 saturated carbocycles. The first-order chi connectivity index (χ1) is 10.8. The molecule has 0 amide bonds. The van der Waals surface area contributed by atoms with Gasteiger partial charge in [0.2, 0.25) is 0 Å². The van der Waals surface area contributed by atoms with Gasteiger partial charge in [-0.05, 0) is 30.9 Å². The number of rotatable bonds is 3. The number of aromatic nitrogens is 4. The first-order valence-corrected chi connectivity index (χ1v) is 7.32. The molecule has 2 atom stereocenters. The van der Waals surface area contributed by atoms with Gasteiger partial charge in [-0.1, -0.05) is 24.3 Å². The summed E-state index contributed by atoms with van der Waals surface area (Å²) >= 11 is 0. The summed E-state index contributed by atoms with van der Waals surface area (Å²) < 4.78 is 8.00. The Kier molecular flexibility index (Phi) is 3.23. The number of nitrogens with zero attached hydrogens (tertiary/aromatic N) is 3. The highest BCUT2D eigenvalue weighted by Gasteiger charge is 2.28. The lowest BCUT2D eigenvalue weighted by atomic mass is 10.1. The van der Waals surface area contributed by atoms with E-state index in [0.29, 0.717) is 11.2 Å². The van der Waals surface area contributed by atoms with E-state index in [9.17, 15) is 4.79 Å². The maximum Gasteiger partial charge on any atom is 0.300 e. The molecule has 1 N–H and O–H groups in total. The van der Waals surface area contributed by atoms with Crippen molar-refractivity contribution in [2.45, 2.75) is 31.6 Å². The zero-order valence-corrected chi connectivity index (χ0v) is 11.9. The molecular weight excluding hydrogens is 280 g/mol. The number of aromatic amines is 1. The number of H-pyrrole nitrogens is 1. The van der Waals surface area contributed by atoms with Gasteiger partial charge >= 0.3 is 5.56 Å². The molecule has 3 aromatic rings. The fourth-order valence-corrected chi connectivity index (χ4v) is 2.94. The highest BCUT2D eigenvalue weighted by atomic mass is 16.5. The van der Waals surface area contributed by atoms with Crippen molar-refractivity contribution in [2.75, 3.05) is 0 Å². The predicted octanol–water partition coefficient (Wildman–Crippen LogP) is 1.84. The van der Waals surface area contributed by atoms with Crippen LogP contribution in [0.15, 0.2) is 41.7 Å². The van der Waals surface area contributed by atoms with Gasteiger partial charge in [0.25, 0.3) is 0 Å². The van der Waals surface area contributed by atoms with Crippen LogP contribution in [0.4, 0.5) is 0 Å². The highest BCUT2D eigenvalue weighted by molar-refractivity contribution is 5.68. The van der Waals surface area contributed by atoms with E-state index in [1.165, 1.54) is 6.33 Å². The molecule has 6 nitrogen and oxygen atoms in total. The maximum absolute atomic E-state index is 11.7. The summed E-state index contributed by atoms with van der Waals surface area (Å²) in [5.41, 5.74) is 1.85. The van der Waals surface area contributed by atoms with E-state index in [1.807, 2.05) is 22.8 Å². The lowest BCUT2D eigenvalue weighted by molar-refractivity contribution is 0.00471. The zero-order valence-electron chi connectivity index (χ0n) is 11.9. The maximum atomic E-state index is 11.7. The molecule has 2 aromatic heterocycles. The first kappa shape index (κ1) is 13.2.